The lowest BCUT2D eigenvalue weighted by atomic mass is 9.96. The monoisotopic (exact) mass is 346 g/mol. The van der Waals surface area contributed by atoms with E-state index >= 15 is 0 Å². The van der Waals surface area contributed by atoms with Gasteiger partial charge in [0.1, 0.15) is 17.6 Å². The van der Waals surface area contributed by atoms with Gasteiger partial charge in [-0.2, -0.15) is 0 Å². The zero-order valence-corrected chi connectivity index (χ0v) is 13.2. The molecule has 0 radical (unpaired) electrons. The third kappa shape index (κ3) is 2.81. The smallest absolute Gasteiger partial charge is 0.170 e. The van der Waals surface area contributed by atoms with Crippen molar-refractivity contribution in [2.45, 2.75) is 19.4 Å². The van der Waals surface area contributed by atoms with Gasteiger partial charge in [-0.1, -0.05) is 34.1 Å². The van der Waals surface area contributed by atoms with Crippen LogP contribution in [0.15, 0.2) is 46.9 Å². The van der Waals surface area contributed by atoms with E-state index in [9.17, 15) is 4.79 Å². The number of carbonyl (C=O) groups excluding carboxylic acids is 1. The van der Waals surface area contributed by atoms with Gasteiger partial charge in [0.15, 0.2) is 5.78 Å². The number of Topliss-reactive ketones (excluding diaryl/α,β-unsaturated/α-hetero) is 1. The van der Waals surface area contributed by atoms with Crippen molar-refractivity contribution in [2.75, 3.05) is 6.61 Å². The first-order valence-corrected chi connectivity index (χ1v) is 7.69. The first-order chi connectivity index (χ1) is 10.2. The van der Waals surface area contributed by atoms with Gasteiger partial charge in [-0.05, 0) is 31.2 Å². The fraction of sp³-hybridized carbons (Fsp3) is 0.235. The van der Waals surface area contributed by atoms with E-state index in [-0.39, 0.29) is 11.9 Å². The van der Waals surface area contributed by atoms with Crippen molar-refractivity contribution < 1.29 is 14.3 Å². The van der Waals surface area contributed by atoms with E-state index in [1.54, 1.807) is 6.07 Å². The lowest BCUT2D eigenvalue weighted by Crippen LogP contribution is -2.21. The highest BCUT2D eigenvalue weighted by Gasteiger charge is 2.29. The molecule has 0 bridgehead atoms. The largest absolute Gasteiger partial charge is 0.493 e. The number of fused-ring (bicyclic) bond motifs is 1. The van der Waals surface area contributed by atoms with Gasteiger partial charge in [-0.3, -0.25) is 4.79 Å². The van der Waals surface area contributed by atoms with Crippen LogP contribution in [0, 0.1) is 0 Å². The maximum Gasteiger partial charge on any atom is 0.170 e. The molecule has 3 nitrogen and oxygen atoms in total. The second-order valence-electron chi connectivity index (χ2n) is 4.85. The van der Waals surface area contributed by atoms with Crippen molar-refractivity contribution in [3.63, 3.8) is 0 Å². The topological polar surface area (TPSA) is 35.5 Å². The SMILES string of the molecule is CCOc1ccccc1C1CC(=O)c2ccc(Br)cc2O1. The summed E-state index contributed by atoms with van der Waals surface area (Å²) in [4.78, 5) is 12.3. The number of ether oxygens (including phenoxy) is 2. The van der Waals surface area contributed by atoms with E-state index in [0.717, 1.165) is 15.8 Å². The third-order valence-corrected chi connectivity index (χ3v) is 3.94. The van der Waals surface area contributed by atoms with Crippen LogP contribution in [-0.4, -0.2) is 12.4 Å². The van der Waals surface area contributed by atoms with Crippen LogP contribution >= 0.6 is 15.9 Å². The number of halogens is 1. The minimum absolute atomic E-state index is 0.0973. The molecule has 3 rings (SSSR count). The summed E-state index contributed by atoms with van der Waals surface area (Å²) in [5.74, 6) is 1.49. The van der Waals surface area contributed by atoms with Crippen molar-refractivity contribution >= 4 is 21.7 Å². The average Bonchev–Trinajstić information content (AvgIpc) is 2.47. The minimum atomic E-state index is -0.304. The molecule has 2 aromatic carbocycles. The van der Waals surface area contributed by atoms with Gasteiger partial charge >= 0.3 is 0 Å². The van der Waals surface area contributed by atoms with Crippen molar-refractivity contribution in [2.24, 2.45) is 0 Å². The Bertz CT molecular complexity index is 681. The highest BCUT2D eigenvalue weighted by atomic mass is 79.9. The van der Waals surface area contributed by atoms with E-state index in [1.807, 2.05) is 43.3 Å². The van der Waals surface area contributed by atoms with Crippen molar-refractivity contribution in [3.05, 3.63) is 58.1 Å². The molecule has 0 aliphatic carbocycles. The first-order valence-electron chi connectivity index (χ1n) is 6.90. The Balaban J connectivity index is 1.97. The lowest BCUT2D eigenvalue weighted by Gasteiger charge is -2.27. The molecule has 0 saturated carbocycles. The number of ketones is 1. The lowest BCUT2D eigenvalue weighted by molar-refractivity contribution is 0.0846. The second kappa shape index (κ2) is 5.90. The maximum absolute atomic E-state index is 12.3. The summed E-state index contributed by atoms with van der Waals surface area (Å²) in [5, 5.41) is 0. The molecule has 1 aliphatic rings. The van der Waals surface area contributed by atoms with Crippen LogP contribution < -0.4 is 9.47 Å². The number of rotatable bonds is 3. The van der Waals surface area contributed by atoms with E-state index in [4.69, 9.17) is 9.47 Å². The van der Waals surface area contributed by atoms with Gasteiger partial charge in [0.25, 0.3) is 0 Å². The summed E-state index contributed by atoms with van der Waals surface area (Å²) < 4.78 is 12.6. The summed E-state index contributed by atoms with van der Waals surface area (Å²) in [6.07, 6.45) is 0.0284. The van der Waals surface area contributed by atoms with Gasteiger partial charge in [0.2, 0.25) is 0 Å². The van der Waals surface area contributed by atoms with Crippen LogP contribution in [0.5, 0.6) is 11.5 Å². The summed E-state index contributed by atoms with van der Waals surface area (Å²) >= 11 is 3.41. The van der Waals surface area contributed by atoms with Crippen LogP contribution in [0.1, 0.15) is 35.4 Å². The van der Waals surface area contributed by atoms with Crippen LogP contribution in [0.25, 0.3) is 0 Å². The molecule has 2 aromatic rings. The molecular weight excluding hydrogens is 332 g/mol. The summed E-state index contributed by atoms with van der Waals surface area (Å²) in [7, 11) is 0. The normalized spacial score (nSPS) is 17.0. The summed E-state index contributed by atoms with van der Waals surface area (Å²) in [6, 6.07) is 13.2. The van der Waals surface area contributed by atoms with E-state index in [0.29, 0.717) is 24.3 Å². The van der Waals surface area contributed by atoms with E-state index in [1.165, 1.54) is 0 Å². The standard InChI is InChI=1S/C17H15BrO3/c1-2-20-15-6-4-3-5-13(15)17-10-14(19)12-8-7-11(18)9-16(12)21-17/h3-9,17H,2,10H2,1H3. The second-order valence-corrected chi connectivity index (χ2v) is 5.76. The Kier molecular flexibility index (Phi) is 3.97. The number of benzene rings is 2. The van der Waals surface area contributed by atoms with Crippen molar-refractivity contribution in [1.82, 2.24) is 0 Å². The molecule has 0 spiro atoms. The number of para-hydroxylation sites is 1. The Hall–Kier alpha value is -1.81. The number of carbonyl (C=O) groups is 1. The molecule has 108 valence electrons. The van der Waals surface area contributed by atoms with Gasteiger partial charge in [0.05, 0.1) is 18.6 Å². The first kappa shape index (κ1) is 14.1. The van der Waals surface area contributed by atoms with Crippen LogP contribution in [0.3, 0.4) is 0 Å². The summed E-state index contributed by atoms with van der Waals surface area (Å²) in [6.45, 7) is 2.52. The average molecular weight is 347 g/mol. The van der Waals surface area contributed by atoms with E-state index in [2.05, 4.69) is 15.9 Å². The molecule has 1 heterocycles. The predicted molar refractivity (Wildman–Crippen MR) is 84.1 cm³/mol. The molecule has 0 aromatic heterocycles. The Morgan fingerprint density at radius 1 is 1.29 bits per heavy atom. The van der Waals surface area contributed by atoms with Crippen molar-refractivity contribution in [1.29, 1.82) is 0 Å². The fourth-order valence-electron chi connectivity index (χ4n) is 2.50. The molecule has 0 amide bonds. The highest BCUT2D eigenvalue weighted by Crippen LogP contribution is 2.39. The van der Waals surface area contributed by atoms with Gasteiger partial charge < -0.3 is 9.47 Å². The summed E-state index contributed by atoms with van der Waals surface area (Å²) in [5.41, 5.74) is 1.56. The zero-order chi connectivity index (χ0) is 14.8. The highest BCUT2D eigenvalue weighted by molar-refractivity contribution is 9.10. The molecule has 0 saturated heterocycles. The molecule has 21 heavy (non-hydrogen) atoms. The molecule has 1 unspecified atom stereocenters. The van der Waals surface area contributed by atoms with Gasteiger partial charge in [-0.25, -0.2) is 0 Å². The van der Waals surface area contributed by atoms with Crippen LogP contribution in [0.2, 0.25) is 0 Å². The fourth-order valence-corrected chi connectivity index (χ4v) is 2.84. The Morgan fingerprint density at radius 2 is 2.10 bits per heavy atom. The molecule has 4 heteroatoms. The van der Waals surface area contributed by atoms with Gasteiger partial charge in [-0.15, -0.1) is 0 Å². The van der Waals surface area contributed by atoms with Crippen LogP contribution in [0.4, 0.5) is 0 Å². The maximum atomic E-state index is 12.3. The van der Waals surface area contributed by atoms with E-state index < -0.39 is 0 Å². The molecular formula is C17H15BrO3. The van der Waals surface area contributed by atoms with Gasteiger partial charge in [0, 0.05) is 10.0 Å². The van der Waals surface area contributed by atoms with Crippen LogP contribution in [-0.2, 0) is 0 Å². The molecule has 1 aliphatic heterocycles. The number of hydrogen-bond acceptors (Lipinski definition) is 3. The third-order valence-electron chi connectivity index (χ3n) is 3.45. The molecule has 1 atom stereocenters. The molecule has 0 fully saturated rings. The van der Waals surface area contributed by atoms with Crippen molar-refractivity contribution in [3.8, 4) is 11.5 Å². The number of hydrogen-bond donors (Lipinski definition) is 0. The minimum Gasteiger partial charge on any atom is -0.493 e. The zero-order valence-electron chi connectivity index (χ0n) is 11.6. The quantitative estimate of drug-likeness (QED) is 0.817. The molecule has 0 N–H and O–H groups in total. The Labute approximate surface area is 132 Å². The predicted octanol–water partition coefficient (Wildman–Crippen LogP) is 4.55. The Morgan fingerprint density at radius 3 is 2.90 bits per heavy atom.